The molecule has 0 aliphatic heterocycles. The van der Waals surface area contributed by atoms with Crippen LogP contribution in [0.2, 0.25) is 0 Å². The first-order valence-corrected chi connectivity index (χ1v) is 20.3. The monoisotopic (exact) mass is 713 g/mol. The average Bonchev–Trinajstić information content (AvgIpc) is 3.09. The second kappa shape index (κ2) is 25.6. The largest absolute Gasteiger partial charge is 0.502 e. The van der Waals surface area contributed by atoms with E-state index in [2.05, 4.69) is 13.8 Å². The Balaban J connectivity index is 2.02. The van der Waals surface area contributed by atoms with Crippen molar-refractivity contribution in [2.45, 2.75) is 195 Å². The second-order valence-electron chi connectivity index (χ2n) is 14.4. The molecule has 0 aliphatic rings. The molecule has 0 saturated heterocycles. The van der Waals surface area contributed by atoms with Crippen molar-refractivity contribution in [1.29, 1.82) is 0 Å². The van der Waals surface area contributed by atoms with Gasteiger partial charge in [-0.2, -0.15) is 0 Å². The summed E-state index contributed by atoms with van der Waals surface area (Å²) in [6.45, 7) is 7.81. The lowest BCUT2D eigenvalue weighted by Crippen LogP contribution is -2.21. The second-order valence-corrected chi connectivity index (χ2v) is 14.4. The van der Waals surface area contributed by atoms with Gasteiger partial charge in [0.1, 0.15) is 11.4 Å². The van der Waals surface area contributed by atoms with E-state index in [4.69, 9.17) is 4.74 Å². The number of ether oxygens (including phenoxy) is 1. The molecule has 0 aromatic carbocycles. The fourth-order valence-electron chi connectivity index (χ4n) is 6.85. The van der Waals surface area contributed by atoms with Gasteiger partial charge in [-0.1, -0.05) is 155 Å². The van der Waals surface area contributed by atoms with Crippen LogP contribution in [0.25, 0.3) is 0 Å². The molecule has 0 atom stereocenters. The summed E-state index contributed by atoms with van der Waals surface area (Å²) < 4.78 is 8.80. The third-order valence-corrected chi connectivity index (χ3v) is 9.84. The zero-order valence-electron chi connectivity index (χ0n) is 32.4. The number of carbonyl (C=O) groups excluding carboxylic acids is 2. The lowest BCUT2D eigenvalue weighted by molar-refractivity contribution is 0.0991. The van der Waals surface area contributed by atoms with Crippen LogP contribution in [0.1, 0.15) is 203 Å². The molecule has 0 fully saturated rings. The van der Waals surface area contributed by atoms with Crippen molar-refractivity contribution in [2.75, 3.05) is 0 Å². The number of rotatable bonds is 30. The maximum Gasteiger partial charge on any atom is 0.266 e. The Hall–Kier alpha value is -3.36. The van der Waals surface area contributed by atoms with Crippen LogP contribution in [-0.2, 0) is 13.1 Å². The average molecular weight is 713 g/mol. The molecule has 0 radical (unpaired) electrons. The molecular formula is C42H68N2O7. The Morgan fingerprint density at radius 2 is 0.745 bits per heavy atom. The van der Waals surface area contributed by atoms with Gasteiger partial charge >= 0.3 is 0 Å². The quantitative estimate of drug-likeness (QED) is 0.0609. The van der Waals surface area contributed by atoms with Gasteiger partial charge in [0, 0.05) is 26.9 Å². The normalized spacial score (nSPS) is 11.3. The Morgan fingerprint density at radius 1 is 0.490 bits per heavy atom. The summed E-state index contributed by atoms with van der Waals surface area (Å²) in [5, 5.41) is 21.5. The number of carbonyl (C=O) groups is 2. The van der Waals surface area contributed by atoms with Crippen molar-refractivity contribution in [3.05, 3.63) is 44.2 Å². The maximum atomic E-state index is 13.1. The number of hydrogen-bond donors (Lipinski definition) is 2. The molecule has 9 nitrogen and oxygen atoms in total. The third kappa shape index (κ3) is 15.8. The molecule has 0 amide bonds. The molecule has 0 spiro atoms. The van der Waals surface area contributed by atoms with Crippen LogP contribution in [0.5, 0.6) is 23.0 Å². The van der Waals surface area contributed by atoms with Crippen molar-refractivity contribution < 1.29 is 24.5 Å². The Morgan fingerprint density at radius 3 is 1.00 bits per heavy atom. The first-order valence-electron chi connectivity index (χ1n) is 20.3. The Kier molecular flexibility index (Phi) is 22.0. The number of aromatic nitrogens is 2. The van der Waals surface area contributed by atoms with Crippen molar-refractivity contribution in [3.8, 4) is 23.0 Å². The number of hydrogen-bond acceptors (Lipinski definition) is 7. The van der Waals surface area contributed by atoms with E-state index in [1.807, 2.05) is 0 Å². The highest BCUT2D eigenvalue weighted by Gasteiger charge is 2.23. The molecule has 0 bridgehead atoms. The summed E-state index contributed by atoms with van der Waals surface area (Å²) in [6.07, 6.45) is 31.0. The fraction of sp³-hybridized carbons (Fsp3) is 0.714. The van der Waals surface area contributed by atoms with Gasteiger partial charge in [-0.05, 0) is 12.8 Å². The first kappa shape index (κ1) is 43.8. The van der Waals surface area contributed by atoms with Crippen LogP contribution in [0.3, 0.4) is 0 Å². The highest BCUT2D eigenvalue weighted by molar-refractivity contribution is 5.95. The van der Waals surface area contributed by atoms with Crippen molar-refractivity contribution in [1.82, 2.24) is 9.13 Å². The summed E-state index contributed by atoms with van der Waals surface area (Å²) in [6, 6.07) is 0. The number of Topliss-reactive ketones (excluding diaryl/α,β-unsaturated/α-hetero) is 2. The summed E-state index contributed by atoms with van der Waals surface area (Å²) in [5.41, 5.74) is -2.05. The minimum absolute atomic E-state index is 0.102. The molecule has 2 aromatic heterocycles. The highest BCUT2D eigenvalue weighted by Crippen LogP contribution is 2.26. The summed E-state index contributed by atoms with van der Waals surface area (Å²) in [7, 11) is 0. The predicted molar refractivity (Wildman–Crippen MR) is 207 cm³/mol. The standard InChI is InChI=1S/C42H68N2O7/c1-5-7-9-11-13-15-17-19-21-23-25-27-29-43-31-35(39(47)41(49)37(43)33(3)45)51-36-32-44(38(34(4)46)42(50)40(36)48)30-28-26-24-22-20-18-16-14-12-10-8-6-2/h31-32,49-50H,5-30H2,1-4H3. The summed E-state index contributed by atoms with van der Waals surface area (Å²) >= 11 is 0. The van der Waals surface area contributed by atoms with Gasteiger partial charge in [-0.15, -0.1) is 0 Å². The smallest absolute Gasteiger partial charge is 0.266 e. The summed E-state index contributed by atoms with van der Waals surface area (Å²) in [4.78, 5) is 51.1. The molecule has 0 aliphatic carbocycles. The zero-order chi connectivity index (χ0) is 37.4. The maximum absolute atomic E-state index is 13.1. The molecule has 51 heavy (non-hydrogen) atoms. The van der Waals surface area contributed by atoms with Crippen molar-refractivity contribution in [3.63, 3.8) is 0 Å². The van der Waals surface area contributed by atoms with E-state index in [0.717, 1.165) is 51.4 Å². The van der Waals surface area contributed by atoms with Gasteiger partial charge in [0.2, 0.25) is 0 Å². The van der Waals surface area contributed by atoms with E-state index in [1.54, 1.807) is 0 Å². The van der Waals surface area contributed by atoms with E-state index in [0.29, 0.717) is 13.1 Å². The van der Waals surface area contributed by atoms with E-state index in [1.165, 1.54) is 138 Å². The van der Waals surface area contributed by atoms with Crippen LogP contribution in [0, 0.1) is 0 Å². The Labute approximate surface area is 306 Å². The van der Waals surface area contributed by atoms with Crippen molar-refractivity contribution >= 4 is 11.6 Å². The molecule has 2 aromatic rings. The number of aromatic hydroxyl groups is 2. The third-order valence-electron chi connectivity index (χ3n) is 9.84. The molecule has 2 N–H and O–H groups in total. The number of pyridine rings is 2. The van der Waals surface area contributed by atoms with E-state index in [-0.39, 0.29) is 22.9 Å². The van der Waals surface area contributed by atoms with Gasteiger partial charge in [-0.3, -0.25) is 19.2 Å². The SMILES string of the molecule is CCCCCCCCCCCCCCn1cc(Oc2cn(CCCCCCCCCCCCCC)c(C(C)=O)c(O)c2=O)c(=O)c(O)c1C(C)=O. The molecular weight excluding hydrogens is 644 g/mol. The minimum atomic E-state index is -0.923. The molecule has 0 saturated carbocycles. The number of unbranched alkanes of at least 4 members (excludes halogenated alkanes) is 22. The van der Waals surface area contributed by atoms with Crippen LogP contribution in [0.15, 0.2) is 22.0 Å². The Bertz CT molecular complexity index is 1330. The molecule has 2 rings (SSSR count). The highest BCUT2D eigenvalue weighted by atomic mass is 16.5. The number of aryl methyl sites for hydroxylation is 2. The predicted octanol–water partition coefficient (Wildman–Crippen LogP) is 11.0. The van der Waals surface area contributed by atoms with Crippen LogP contribution in [-0.4, -0.2) is 30.9 Å². The molecule has 0 unspecified atom stereocenters. The lowest BCUT2D eigenvalue weighted by atomic mass is 10.1. The van der Waals surface area contributed by atoms with Gasteiger partial charge in [0.15, 0.2) is 34.6 Å². The van der Waals surface area contributed by atoms with E-state index in [9.17, 15) is 29.4 Å². The topological polar surface area (TPSA) is 128 Å². The molecule has 9 heteroatoms. The summed E-state index contributed by atoms with van der Waals surface area (Å²) in [5.74, 6) is -3.05. The zero-order valence-corrected chi connectivity index (χ0v) is 32.4. The van der Waals surface area contributed by atoms with Crippen molar-refractivity contribution in [2.24, 2.45) is 0 Å². The van der Waals surface area contributed by atoms with E-state index < -0.39 is 33.9 Å². The van der Waals surface area contributed by atoms with Gasteiger partial charge in [-0.25, -0.2) is 0 Å². The number of nitrogens with zero attached hydrogens (tertiary/aromatic N) is 2. The molecule has 2 heterocycles. The van der Waals surface area contributed by atoms with E-state index >= 15 is 0 Å². The molecule has 288 valence electrons. The van der Waals surface area contributed by atoms with Gasteiger partial charge in [0.25, 0.3) is 10.9 Å². The minimum Gasteiger partial charge on any atom is -0.502 e. The van der Waals surface area contributed by atoms with Crippen LogP contribution < -0.4 is 15.6 Å². The van der Waals surface area contributed by atoms with Crippen LogP contribution in [0.4, 0.5) is 0 Å². The van der Waals surface area contributed by atoms with Crippen LogP contribution >= 0.6 is 0 Å². The van der Waals surface area contributed by atoms with Gasteiger partial charge in [0.05, 0.1) is 12.4 Å². The fourth-order valence-corrected chi connectivity index (χ4v) is 6.85. The lowest BCUT2D eigenvalue weighted by Gasteiger charge is -2.17. The number of ketones is 2. The first-order chi connectivity index (χ1) is 24.6. The van der Waals surface area contributed by atoms with Gasteiger partial charge < -0.3 is 24.1 Å².